The molecule has 0 saturated heterocycles. The Labute approximate surface area is 151 Å². The number of carbonyl (C=O) groups excluding carboxylic acids is 1. The molecule has 0 bridgehead atoms. The second-order valence-electron chi connectivity index (χ2n) is 6.04. The SMILES string of the molecule is CC(=O)c1ccc(Nc2nc(-c3ccccc3)c3ccccc3n2)cc1. The number of Topliss-reactive ketones (excluding diaryl/α,β-unsaturated/α-hetero) is 1. The summed E-state index contributed by atoms with van der Waals surface area (Å²) < 4.78 is 0. The van der Waals surface area contributed by atoms with Crippen molar-refractivity contribution in [3.63, 3.8) is 0 Å². The number of ketones is 1. The van der Waals surface area contributed by atoms with Crippen LogP contribution in [0.4, 0.5) is 11.6 Å². The minimum Gasteiger partial charge on any atom is -0.324 e. The highest BCUT2D eigenvalue weighted by molar-refractivity contribution is 5.95. The Balaban J connectivity index is 1.77. The number of rotatable bonds is 4. The molecule has 0 fully saturated rings. The molecule has 1 N–H and O–H groups in total. The number of para-hydroxylation sites is 1. The van der Waals surface area contributed by atoms with Gasteiger partial charge >= 0.3 is 0 Å². The monoisotopic (exact) mass is 339 g/mol. The minimum absolute atomic E-state index is 0.0462. The summed E-state index contributed by atoms with van der Waals surface area (Å²) in [5, 5.41) is 4.25. The van der Waals surface area contributed by atoms with E-state index in [1.54, 1.807) is 19.1 Å². The average molecular weight is 339 g/mol. The Morgan fingerprint density at radius 3 is 2.23 bits per heavy atom. The first-order chi connectivity index (χ1) is 12.7. The molecular formula is C22H17N3O. The van der Waals surface area contributed by atoms with E-state index >= 15 is 0 Å². The lowest BCUT2D eigenvalue weighted by atomic mass is 10.1. The lowest BCUT2D eigenvalue weighted by molar-refractivity contribution is 0.101. The van der Waals surface area contributed by atoms with Crippen LogP contribution < -0.4 is 5.32 Å². The normalized spacial score (nSPS) is 10.7. The molecule has 4 nitrogen and oxygen atoms in total. The molecule has 0 aliphatic carbocycles. The van der Waals surface area contributed by atoms with Crippen molar-refractivity contribution in [2.75, 3.05) is 5.32 Å². The summed E-state index contributed by atoms with van der Waals surface area (Å²) >= 11 is 0. The van der Waals surface area contributed by atoms with Crippen molar-refractivity contribution in [1.29, 1.82) is 0 Å². The summed E-state index contributed by atoms with van der Waals surface area (Å²) in [6.45, 7) is 1.56. The van der Waals surface area contributed by atoms with Crippen molar-refractivity contribution in [3.05, 3.63) is 84.4 Å². The molecule has 0 amide bonds. The van der Waals surface area contributed by atoms with Crippen LogP contribution in [-0.4, -0.2) is 15.8 Å². The molecule has 0 radical (unpaired) electrons. The zero-order chi connectivity index (χ0) is 17.9. The smallest absolute Gasteiger partial charge is 0.228 e. The van der Waals surface area contributed by atoms with Crippen molar-refractivity contribution in [2.24, 2.45) is 0 Å². The standard InChI is InChI=1S/C22H17N3O/c1-15(26)16-11-13-18(14-12-16)23-22-24-20-10-6-5-9-19(20)21(25-22)17-7-3-2-4-8-17/h2-14H,1H3,(H,23,24,25). The van der Waals surface area contributed by atoms with Crippen LogP contribution in [-0.2, 0) is 0 Å². The van der Waals surface area contributed by atoms with Gasteiger partial charge in [0.1, 0.15) is 0 Å². The number of carbonyl (C=O) groups is 1. The molecule has 126 valence electrons. The molecule has 0 saturated carbocycles. The zero-order valence-corrected chi connectivity index (χ0v) is 14.3. The first-order valence-corrected chi connectivity index (χ1v) is 8.41. The van der Waals surface area contributed by atoms with Gasteiger partial charge in [0, 0.05) is 22.2 Å². The van der Waals surface area contributed by atoms with E-state index in [0.717, 1.165) is 27.8 Å². The van der Waals surface area contributed by atoms with Gasteiger partial charge in [-0.15, -0.1) is 0 Å². The number of fused-ring (bicyclic) bond motifs is 1. The summed E-state index contributed by atoms with van der Waals surface area (Å²) in [6, 6.07) is 25.4. The number of benzene rings is 3. The molecule has 1 aromatic heterocycles. The number of hydrogen-bond acceptors (Lipinski definition) is 4. The highest BCUT2D eigenvalue weighted by Gasteiger charge is 2.10. The molecule has 4 aromatic rings. The quantitative estimate of drug-likeness (QED) is 0.516. The molecule has 26 heavy (non-hydrogen) atoms. The summed E-state index contributed by atoms with van der Waals surface area (Å²) in [4.78, 5) is 20.8. The first kappa shape index (κ1) is 16.0. The lowest BCUT2D eigenvalue weighted by Crippen LogP contribution is -2.00. The maximum absolute atomic E-state index is 11.4. The number of anilines is 2. The van der Waals surface area contributed by atoms with Crippen LogP contribution in [0.2, 0.25) is 0 Å². The van der Waals surface area contributed by atoms with E-state index in [9.17, 15) is 4.79 Å². The molecule has 0 atom stereocenters. The Bertz CT molecular complexity index is 1070. The third-order valence-electron chi connectivity index (χ3n) is 4.20. The molecule has 3 aromatic carbocycles. The van der Waals surface area contributed by atoms with Crippen molar-refractivity contribution in [1.82, 2.24) is 9.97 Å². The summed E-state index contributed by atoms with van der Waals surface area (Å²) in [7, 11) is 0. The van der Waals surface area contributed by atoms with Crippen LogP contribution in [0.3, 0.4) is 0 Å². The Hall–Kier alpha value is -3.53. The summed E-state index contributed by atoms with van der Waals surface area (Å²) in [5.41, 5.74) is 4.33. The molecule has 1 heterocycles. The van der Waals surface area contributed by atoms with Gasteiger partial charge in [-0.3, -0.25) is 4.79 Å². The van der Waals surface area contributed by atoms with Crippen molar-refractivity contribution in [3.8, 4) is 11.3 Å². The first-order valence-electron chi connectivity index (χ1n) is 8.41. The maximum atomic E-state index is 11.4. The van der Waals surface area contributed by atoms with Crippen LogP contribution in [0.15, 0.2) is 78.9 Å². The average Bonchev–Trinajstić information content (AvgIpc) is 2.68. The van der Waals surface area contributed by atoms with Gasteiger partial charge < -0.3 is 5.32 Å². The fourth-order valence-electron chi connectivity index (χ4n) is 2.87. The van der Waals surface area contributed by atoms with E-state index in [0.29, 0.717) is 11.5 Å². The van der Waals surface area contributed by atoms with Gasteiger partial charge in [-0.2, -0.15) is 0 Å². The minimum atomic E-state index is 0.0462. The van der Waals surface area contributed by atoms with Gasteiger partial charge in [0.05, 0.1) is 11.2 Å². The van der Waals surface area contributed by atoms with E-state index in [-0.39, 0.29) is 5.78 Å². The van der Waals surface area contributed by atoms with E-state index in [1.165, 1.54) is 0 Å². The summed E-state index contributed by atoms with van der Waals surface area (Å²) in [5.74, 6) is 0.572. The van der Waals surface area contributed by atoms with E-state index < -0.39 is 0 Å². The number of nitrogens with zero attached hydrogens (tertiary/aromatic N) is 2. The predicted octanol–water partition coefficient (Wildman–Crippen LogP) is 5.24. The van der Waals surface area contributed by atoms with Gasteiger partial charge in [-0.25, -0.2) is 9.97 Å². The molecular weight excluding hydrogens is 322 g/mol. The van der Waals surface area contributed by atoms with Crippen molar-refractivity contribution < 1.29 is 4.79 Å². The van der Waals surface area contributed by atoms with Gasteiger partial charge in [0.2, 0.25) is 5.95 Å². The van der Waals surface area contributed by atoms with Crippen LogP contribution >= 0.6 is 0 Å². The van der Waals surface area contributed by atoms with E-state index in [4.69, 9.17) is 4.98 Å². The third-order valence-corrected chi connectivity index (χ3v) is 4.20. The van der Waals surface area contributed by atoms with Crippen LogP contribution in [0.5, 0.6) is 0 Å². The highest BCUT2D eigenvalue weighted by atomic mass is 16.1. The number of hydrogen-bond donors (Lipinski definition) is 1. The summed E-state index contributed by atoms with van der Waals surface area (Å²) in [6.07, 6.45) is 0. The molecule has 0 spiro atoms. The zero-order valence-electron chi connectivity index (χ0n) is 14.3. The van der Waals surface area contributed by atoms with E-state index in [2.05, 4.69) is 10.3 Å². The van der Waals surface area contributed by atoms with Crippen LogP contribution in [0.25, 0.3) is 22.2 Å². The Morgan fingerprint density at radius 1 is 0.808 bits per heavy atom. The molecule has 4 heteroatoms. The van der Waals surface area contributed by atoms with Gasteiger partial charge in [-0.05, 0) is 37.3 Å². The van der Waals surface area contributed by atoms with Gasteiger partial charge in [0.25, 0.3) is 0 Å². The number of aromatic nitrogens is 2. The predicted molar refractivity (Wildman–Crippen MR) is 105 cm³/mol. The molecule has 0 aliphatic rings. The Morgan fingerprint density at radius 2 is 1.50 bits per heavy atom. The molecule has 0 aliphatic heterocycles. The molecule has 4 rings (SSSR count). The third kappa shape index (κ3) is 3.17. The maximum Gasteiger partial charge on any atom is 0.228 e. The topological polar surface area (TPSA) is 54.9 Å². The van der Waals surface area contributed by atoms with Crippen molar-refractivity contribution in [2.45, 2.75) is 6.92 Å². The molecule has 0 unspecified atom stereocenters. The van der Waals surface area contributed by atoms with Crippen molar-refractivity contribution >= 4 is 28.3 Å². The van der Waals surface area contributed by atoms with Gasteiger partial charge in [-0.1, -0.05) is 48.5 Å². The second kappa shape index (κ2) is 6.76. The lowest BCUT2D eigenvalue weighted by Gasteiger charge is -2.10. The highest BCUT2D eigenvalue weighted by Crippen LogP contribution is 2.28. The number of nitrogens with one attached hydrogen (secondary N) is 1. The van der Waals surface area contributed by atoms with Gasteiger partial charge in [0.15, 0.2) is 5.78 Å². The second-order valence-corrected chi connectivity index (χ2v) is 6.04. The van der Waals surface area contributed by atoms with E-state index in [1.807, 2.05) is 66.7 Å². The fraction of sp³-hybridized carbons (Fsp3) is 0.0455. The fourth-order valence-corrected chi connectivity index (χ4v) is 2.87. The van der Waals surface area contributed by atoms with Crippen LogP contribution in [0.1, 0.15) is 17.3 Å². The largest absolute Gasteiger partial charge is 0.324 e. The van der Waals surface area contributed by atoms with Crippen LogP contribution in [0, 0.1) is 0 Å². The Kier molecular flexibility index (Phi) is 4.15.